The fourth-order valence-electron chi connectivity index (χ4n) is 3.67. The first-order valence-corrected chi connectivity index (χ1v) is 10.9. The minimum atomic E-state index is -0.444. The number of carbonyl (C=O) groups is 2. The number of aromatic nitrogens is 3. The van der Waals surface area contributed by atoms with Gasteiger partial charge in [-0.05, 0) is 31.1 Å². The van der Waals surface area contributed by atoms with Crippen molar-refractivity contribution < 1.29 is 9.59 Å². The van der Waals surface area contributed by atoms with Crippen LogP contribution in [0.4, 0.5) is 5.69 Å². The molecule has 3 heterocycles. The maximum atomic E-state index is 13.1. The summed E-state index contributed by atoms with van der Waals surface area (Å²) in [5, 5.41) is 7.08. The third kappa shape index (κ3) is 3.03. The minimum absolute atomic E-state index is 0.0591. The summed E-state index contributed by atoms with van der Waals surface area (Å²) in [7, 11) is 0. The topological polar surface area (TPSA) is 79.6 Å². The first-order chi connectivity index (χ1) is 15.2. The molecule has 8 heteroatoms. The van der Waals surface area contributed by atoms with Gasteiger partial charge in [0.05, 0.1) is 17.1 Å². The molecule has 0 spiro atoms. The number of fused-ring (bicyclic) bond motifs is 1. The Morgan fingerprint density at radius 3 is 2.42 bits per heavy atom. The van der Waals surface area contributed by atoms with Crippen molar-refractivity contribution in [1.82, 2.24) is 20.0 Å². The number of nitrogens with zero attached hydrogens (tertiary/aromatic N) is 4. The number of hydrogen-bond donors (Lipinski definition) is 1. The monoisotopic (exact) mass is 427 g/mol. The van der Waals surface area contributed by atoms with Gasteiger partial charge in [-0.1, -0.05) is 59.9 Å². The van der Waals surface area contributed by atoms with Gasteiger partial charge in [0, 0.05) is 11.5 Å². The van der Waals surface area contributed by atoms with Crippen LogP contribution in [0.15, 0.2) is 66.2 Å². The summed E-state index contributed by atoms with van der Waals surface area (Å²) in [4.78, 5) is 31.4. The average Bonchev–Trinajstić information content (AvgIpc) is 3.40. The zero-order valence-electron chi connectivity index (χ0n) is 16.4. The maximum Gasteiger partial charge on any atom is 0.282 e. The van der Waals surface area contributed by atoms with Crippen molar-refractivity contribution in [3.8, 4) is 11.3 Å². The molecular formula is C23H17N5O2S. The van der Waals surface area contributed by atoms with Crippen molar-refractivity contribution in [2.24, 2.45) is 0 Å². The quantitative estimate of drug-likeness (QED) is 0.397. The number of para-hydroxylation sites is 1. The summed E-state index contributed by atoms with van der Waals surface area (Å²) in [6.07, 6.45) is 3.90. The van der Waals surface area contributed by atoms with E-state index in [2.05, 4.69) is 5.43 Å². The Hall–Kier alpha value is -3.78. The summed E-state index contributed by atoms with van der Waals surface area (Å²) >= 11 is 1.57. The number of hydrazine groups is 1. The van der Waals surface area contributed by atoms with Crippen LogP contribution >= 0.6 is 11.3 Å². The van der Waals surface area contributed by atoms with Crippen LogP contribution in [0.3, 0.4) is 0 Å². The Balaban J connectivity index is 1.49. The molecule has 6 rings (SSSR count). The number of nitrogens with one attached hydrogen (secondary N) is 1. The SMILES string of the molecule is O=C1NN(c2ccccc2)C(=O)/C1=C/c1c(-c2ccccc2)nc2sc(C3CC3)nn12. The van der Waals surface area contributed by atoms with E-state index in [-0.39, 0.29) is 5.57 Å². The average molecular weight is 427 g/mol. The van der Waals surface area contributed by atoms with Gasteiger partial charge in [0.2, 0.25) is 4.96 Å². The van der Waals surface area contributed by atoms with Crippen LogP contribution in [0.5, 0.6) is 0 Å². The van der Waals surface area contributed by atoms with Gasteiger partial charge in [-0.25, -0.2) is 14.5 Å². The lowest BCUT2D eigenvalue weighted by atomic mass is 10.1. The number of carbonyl (C=O) groups excluding carboxylic acids is 2. The fraction of sp³-hybridized carbons (Fsp3) is 0.130. The van der Waals surface area contributed by atoms with Gasteiger partial charge < -0.3 is 0 Å². The van der Waals surface area contributed by atoms with E-state index in [1.807, 2.05) is 48.5 Å². The van der Waals surface area contributed by atoms with E-state index in [0.29, 0.717) is 23.0 Å². The van der Waals surface area contributed by atoms with Gasteiger partial charge in [0.15, 0.2) is 0 Å². The number of benzene rings is 2. The molecule has 0 unspecified atom stereocenters. The first kappa shape index (κ1) is 18.0. The van der Waals surface area contributed by atoms with Crippen LogP contribution in [0.1, 0.15) is 29.5 Å². The second-order valence-corrected chi connectivity index (χ2v) is 8.58. The van der Waals surface area contributed by atoms with E-state index in [9.17, 15) is 9.59 Å². The summed E-state index contributed by atoms with van der Waals surface area (Å²) in [5.41, 5.74) is 5.57. The fourth-order valence-corrected chi connectivity index (χ4v) is 4.74. The summed E-state index contributed by atoms with van der Waals surface area (Å²) < 4.78 is 1.76. The molecule has 2 aromatic heterocycles. The van der Waals surface area contributed by atoms with Gasteiger partial charge in [0.25, 0.3) is 11.8 Å². The zero-order chi connectivity index (χ0) is 20.9. The molecule has 1 N–H and O–H groups in total. The summed E-state index contributed by atoms with van der Waals surface area (Å²) in [5.74, 6) is -0.347. The molecule has 2 aliphatic rings. The second kappa shape index (κ2) is 6.88. The van der Waals surface area contributed by atoms with Crippen LogP contribution in [-0.2, 0) is 9.59 Å². The van der Waals surface area contributed by atoms with Crippen molar-refractivity contribution in [2.45, 2.75) is 18.8 Å². The highest BCUT2D eigenvalue weighted by Gasteiger charge is 2.35. The highest BCUT2D eigenvalue weighted by atomic mass is 32.1. The molecule has 2 fully saturated rings. The van der Waals surface area contributed by atoms with Crippen molar-refractivity contribution >= 4 is 39.9 Å². The standard InChI is InChI=1S/C23H17N5O2S/c29-20-17(22(30)27(25-20)16-9-5-2-6-10-16)13-18-19(14-7-3-1-4-8-14)24-23-28(18)26-21(31-23)15-11-12-15/h1-10,13,15H,11-12H2,(H,25,29)/b17-13+. The minimum Gasteiger partial charge on any atom is -0.267 e. The van der Waals surface area contributed by atoms with Crippen molar-refractivity contribution in [1.29, 1.82) is 0 Å². The molecule has 2 aromatic carbocycles. The van der Waals surface area contributed by atoms with Crippen LogP contribution in [0.2, 0.25) is 0 Å². The Labute approximate surface area is 181 Å². The third-order valence-electron chi connectivity index (χ3n) is 5.41. The van der Waals surface area contributed by atoms with E-state index in [1.165, 1.54) is 5.01 Å². The van der Waals surface area contributed by atoms with Crippen LogP contribution in [0, 0.1) is 0 Å². The number of rotatable bonds is 4. The van der Waals surface area contributed by atoms with E-state index >= 15 is 0 Å². The molecule has 1 saturated carbocycles. The van der Waals surface area contributed by atoms with Crippen LogP contribution < -0.4 is 10.4 Å². The van der Waals surface area contributed by atoms with Crippen LogP contribution in [0.25, 0.3) is 22.3 Å². The highest BCUT2D eigenvalue weighted by Crippen LogP contribution is 2.42. The van der Waals surface area contributed by atoms with Crippen molar-refractivity contribution in [2.75, 3.05) is 5.01 Å². The summed E-state index contributed by atoms with van der Waals surface area (Å²) in [6, 6.07) is 18.8. The number of imidazole rings is 1. The Morgan fingerprint density at radius 2 is 1.71 bits per heavy atom. The molecular weight excluding hydrogens is 410 g/mol. The lowest BCUT2D eigenvalue weighted by molar-refractivity contribution is -0.117. The lowest BCUT2D eigenvalue weighted by Gasteiger charge is -2.13. The Morgan fingerprint density at radius 1 is 1.00 bits per heavy atom. The van der Waals surface area contributed by atoms with Gasteiger partial charge in [0.1, 0.15) is 10.6 Å². The van der Waals surface area contributed by atoms with Gasteiger partial charge in [-0.3, -0.25) is 15.0 Å². The smallest absolute Gasteiger partial charge is 0.267 e. The molecule has 7 nitrogen and oxygen atoms in total. The number of hydrogen-bond acceptors (Lipinski definition) is 5. The van der Waals surface area contributed by atoms with E-state index in [0.717, 1.165) is 28.4 Å². The zero-order valence-corrected chi connectivity index (χ0v) is 17.2. The molecule has 0 radical (unpaired) electrons. The van der Waals surface area contributed by atoms with Crippen molar-refractivity contribution in [3.05, 3.63) is 76.9 Å². The lowest BCUT2D eigenvalue weighted by Crippen LogP contribution is -2.35. The predicted octanol–water partition coefficient (Wildman–Crippen LogP) is 3.80. The number of anilines is 1. The van der Waals surface area contributed by atoms with Crippen molar-refractivity contribution in [3.63, 3.8) is 0 Å². The second-order valence-electron chi connectivity index (χ2n) is 7.60. The molecule has 1 saturated heterocycles. The number of amides is 2. The first-order valence-electron chi connectivity index (χ1n) is 10.1. The molecule has 1 aliphatic heterocycles. The van der Waals surface area contributed by atoms with Gasteiger partial charge in [-0.15, -0.1) is 0 Å². The van der Waals surface area contributed by atoms with E-state index in [4.69, 9.17) is 10.1 Å². The van der Waals surface area contributed by atoms with Gasteiger partial charge in [-0.2, -0.15) is 5.10 Å². The molecule has 1 aliphatic carbocycles. The normalized spacial score (nSPS) is 17.7. The molecule has 152 valence electrons. The highest BCUT2D eigenvalue weighted by molar-refractivity contribution is 7.16. The summed E-state index contributed by atoms with van der Waals surface area (Å²) in [6.45, 7) is 0. The van der Waals surface area contributed by atoms with Gasteiger partial charge >= 0.3 is 0 Å². The maximum absolute atomic E-state index is 13.1. The predicted molar refractivity (Wildman–Crippen MR) is 118 cm³/mol. The molecule has 31 heavy (non-hydrogen) atoms. The molecule has 0 bridgehead atoms. The third-order valence-corrected chi connectivity index (χ3v) is 6.49. The van der Waals surface area contributed by atoms with E-state index in [1.54, 1.807) is 34.1 Å². The Kier molecular flexibility index (Phi) is 4.00. The van der Waals surface area contributed by atoms with E-state index < -0.39 is 11.8 Å². The molecule has 2 amide bonds. The molecule has 0 atom stereocenters. The van der Waals surface area contributed by atoms with Crippen LogP contribution in [-0.4, -0.2) is 26.4 Å². The largest absolute Gasteiger partial charge is 0.282 e. The molecule has 4 aromatic rings. The Bertz CT molecular complexity index is 1350.